The summed E-state index contributed by atoms with van der Waals surface area (Å²) >= 11 is 0. The maximum Gasteiger partial charge on any atom is 0.123 e. The third-order valence-electron chi connectivity index (χ3n) is 2.05. The highest BCUT2D eigenvalue weighted by molar-refractivity contribution is 5.26. The number of benzene rings is 1. The molecule has 0 amide bonds. The number of rotatable bonds is 4. The Morgan fingerprint density at radius 3 is 2.79 bits per heavy atom. The average Bonchev–Trinajstić information content (AvgIpc) is 2.08. The van der Waals surface area contributed by atoms with Crippen molar-refractivity contribution >= 4 is 0 Å². The molecule has 0 bridgehead atoms. The van der Waals surface area contributed by atoms with Crippen LogP contribution in [0.4, 0.5) is 4.39 Å². The minimum absolute atomic E-state index is 0.175. The topological polar surface area (TPSA) is 12.0 Å². The first kappa shape index (κ1) is 10.9. The zero-order valence-corrected chi connectivity index (χ0v) is 8.73. The van der Waals surface area contributed by atoms with Crippen LogP contribution in [0.15, 0.2) is 30.4 Å². The maximum absolute atomic E-state index is 12.8. The lowest BCUT2D eigenvalue weighted by Crippen LogP contribution is -2.15. The van der Waals surface area contributed by atoms with E-state index in [-0.39, 0.29) is 5.82 Å². The zero-order chi connectivity index (χ0) is 10.6. The molecule has 0 saturated heterocycles. The Kier molecular flexibility index (Phi) is 3.84. The Hall–Kier alpha value is -1.15. The van der Waals surface area contributed by atoms with E-state index < -0.39 is 0 Å². The highest BCUT2D eigenvalue weighted by atomic mass is 19.1. The molecule has 2 heteroatoms. The first-order chi connectivity index (χ1) is 6.59. The van der Waals surface area contributed by atoms with Crippen LogP contribution in [0.5, 0.6) is 0 Å². The second-order valence-electron chi connectivity index (χ2n) is 3.63. The Bertz CT molecular complexity index is 331. The van der Waals surface area contributed by atoms with Gasteiger partial charge in [0.25, 0.3) is 0 Å². The summed E-state index contributed by atoms with van der Waals surface area (Å²) < 4.78 is 12.8. The van der Waals surface area contributed by atoms with Gasteiger partial charge in [0.1, 0.15) is 5.82 Å². The summed E-state index contributed by atoms with van der Waals surface area (Å²) in [6, 6.07) is 4.86. The zero-order valence-electron chi connectivity index (χ0n) is 8.73. The van der Waals surface area contributed by atoms with Gasteiger partial charge in [-0.1, -0.05) is 18.2 Å². The average molecular weight is 193 g/mol. The van der Waals surface area contributed by atoms with Crippen LogP contribution < -0.4 is 5.32 Å². The van der Waals surface area contributed by atoms with E-state index in [1.165, 1.54) is 6.07 Å². The fraction of sp³-hybridized carbons (Fsp3) is 0.333. The van der Waals surface area contributed by atoms with Crippen molar-refractivity contribution in [2.24, 2.45) is 0 Å². The fourth-order valence-corrected chi connectivity index (χ4v) is 1.27. The molecule has 14 heavy (non-hydrogen) atoms. The summed E-state index contributed by atoms with van der Waals surface area (Å²) in [5.74, 6) is -0.175. The van der Waals surface area contributed by atoms with Gasteiger partial charge in [-0.25, -0.2) is 4.39 Å². The van der Waals surface area contributed by atoms with Crippen LogP contribution in [-0.2, 0) is 6.54 Å². The molecule has 0 saturated carbocycles. The molecule has 0 aromatic heterocycles. The summed E-state index contributed by atoms with van der Waals surface area (Å²) in [7, 11) is 0. The standard InChI is InChI=1S/C12H16FN/c1-9(2)7-14-8-11-4-5-12(13)6-10(11)3/h4-6,14H,1,7-8H2,2-3H3. The highest BCUT2D eigenvalue weighted by Gasteiger charge is 1.98. The number of nitrogens with one attached hydrogen (secondary N) is 1. The van der Waals surface area contributed by atoms with Gasteiger partial charge in [0, 0.05) is 13.1 Å². The van der Waals surface area contributed by atoms with Crippen molar-refractivity contribution in [1.82, 2.24) is 5.32 Å². The van der Waals surface area contributed by atoms with E-state index in [2.05, 4.69) is 11.9 Å². The predicted octanol–water partition coefficient (Wildman–Crippen LogP) is 2.80. The Morgan fingerprint density at radius 2 is 2.21 bits per heavy atom. The normalized spacial score (nSPS) is 10.2. The third kappa shape index (κ3) is 3.30. The molecule has 0 aliphatic heterocycles. The number of hydrogen-bond acceptors (Lipinski definition) is 1. The highest BCUT2D eigenvalue weighted by Crippen LogP contribution is 2.09. The molecule has 0 aliphatic rings. The minimum atomic E-state index is -0.175. The van der Waals surface area contributed by atoms with Gasteiger partial charge in [-0.3, -0.25) is 0 Å². The third-order valence-corrected chi connectivity index (χ3v) is 2.05. The lowest BCUT2D eigenvalue weighted by atomic mass is 10.1. The summed E-state index contributed by atoms with van der Waals surface area (Å²) in [6.07, 6.45) is 0. The molecule has 0 spiro atoms. The molecule has 0 atom stereocenters. The van der Waals surface area contributed by atoms with E-state index in [0.717, 1.165) is 29.8 Å². The van der Waals surface area contributed by atoms with Crippen LogP contribution in [-0.4, -0.2) is 6.54 Å². The summed E-state index contributed by atoms with van der Waals surface area (Å²) in [5.41, 5.74) is 3.22. The van der Waals surface area contributed by atoms with Gasteiger partial charge in [-0.05, 0) is 37.1 Å². The van der Waals surface area contributed by atoms with Gasteiger partial charge < -0.3 is 5.32 Å². The Labute approximate surface area is 84.6 Å². The van der Waals surface area contributed by atoms with Crippen LogP contribution >= 0.6 is 0 Å². The molecule has 1 N–H and O–H groups in total. The lowest BCUT2D eigenvalue weighted by Gasteiger charge is -2.07. The molecule has 1 nitrogen and oxygen atoms in total. The van der Waals surface area contributed by atoms with E-state index >= 15 is 0 Å². The van der Waals surface area contributed by atoms with Crippen molar-refractivity contribution in [2.75, 3.05) is 6.54 Å². The molecule has 0 aliphatic carbocycles. The van der Waals surface area contributed by atoms with E-state index in [1.807, 2.05) is 19.9 Å². The van der Waals surface area contributed by atoms with E-state index in [9.17, 15) is 4.39 Å². The van der Waals surface area contributed by atoms with Crippen molar-refractivity contribution in [3.05, 3.63) is 47.3 Å². The summed E-state index contributed by atoms with van der Waals surface area (Å²) in [6.45, 7) is 9.26. The van der Waals surface area contributed by atoms with E-state index in [1.54, 1.807) is 6.07 Å². The van der Waals surface area contributed by atoms with Crippen molar-refractivity contribution in [1.29, 1.82) is 0 Å². The van der Waals surface area contributed by atoms with Gasteiger partial charge in [0.05, 0.1) is 0 Å². The number of hydrogen-bond donors (Lipinski definition) is 1. The van der Waals surface area contributed by atoms with Gasteiger partial charge >= 0.3 is 0 Å². The first-order valence-corrected chi connectivity index (χ1v) is 4.69. The molecule has 1 aromatic rings. The monoisotopic (exact) mass is 193 g/mol. The number of halogens is 1. The number of aryl methyl sites for hydroxylation is 1. The minimum Gasteiger partial charge on any atom is -0.309 e. The predicted molar refractivity (Wildman–Crippen MR) is 57.7 cm³/mol. The Morgan fingerprint density at radius 1 is 1.50 bits per heavy atom. The largest absolute Gasteiger partial charge is 0.309 e. The van der Waals surface area contributed by atoms with Crippen LogP contribution in [0, 0.1) is 12.7 Å². The van der Waals surface area contributed by atoms with Gasteiger partial charge in [0.15, 0.2) is 0 Å². The van der Waals surface area contributed by atoms with E-state index in [0.29, 0.717) is 0 Å². The van der Waals surface area contributed by atoms with Crippen molar-refractivity contribution in [3.63, 3.8) is 0 Å². The molecule has 1 rings (SSSR count). The van der Waals surface area contributed by atoms with Crippen LogP contribution in [0.2, 0.25) is 0 Å². The van der Waals surface area contributed by atoms with Gasteiger partial charge in [0.2, 0.25) is 0 Å². The van der Waals surface area contributed by atoms with E-state index in [4.69, 9.17) is 0 Å². The van der Waals surface area contributed by atoms with Crippen molar-refractivity contribution < 1.29 is 4.39 Å². The molecule has 0 unspecified atom stereocenters. The smallest absolute Gasteiger partial charge is 0.123 e. The maximum atomic E-state index is 12.8. The molecule has 76 valence electrons. The van der Waals surface area contributed by atoms with Crippen LogP contribution in [0.1, 0.15) is 18.1 Å². The second-order valence-corrected chi connectivity index (χ2v) is 3.63. The lowest BCUT2D eigenvalue weighted by molar-refractivity contribution is 0.624. The quantitative estimate of drug-likeness (QED) is 0.725. The molecular weight excluding hydrogens is 177 g/mol. The molecule has 0 heterocycles. The van der Waals surface area contributed by atoms with Crippen molar-refractivity contribution in [2.45, 2.75) is 20.4 Å². The molecule has 1 aromatic carbocycles. The summed E-state index contributed by atoms with van der Waals surface area (Å²) in [5, 5.41) is 3.24. The molecule has 0 fully saturated rings. The Balaban J connectivity index is 2.55. The molecular formula is C12H16FN. The van der Waals surface area contributed by atoms with Gasteiger partial charge in [-0.2, -0.15) is 0 Å². The van der Waals surface area contributed by atoms with Crippen molar-refractivity contribution in [3.8, 4) is 0 Å². The fourth-order valence-electron chi connectivity index (χ4n) is 1.27. The van der Waals surface area contributed by atoms with Crippen LogP contribution in [0.3, 0.4) is 0 Å². The summed E-state index contributed by atoms with van der Waals surface area (Å²) in [4.78, 5) is 0. The first-order valence-electron chi connectivity index (χ1n) is 4.69. The van der Waals surface area contributed by atoms with Crippen LogP contribution in [0.25, 0.3) is 0 Å². The SMILES string of the molecule is C=C(C)CNCc1ccc(F)cc1C. The van der Waals surface area contributed by atoms with Gasteiger partial charge in [-0.15, -0.1) is 0 Å². The second kappa shape index (κ2) is 4.91. The molecule has 0 radical (unpaired) electrons.